The fourth-order valence-electron chi connectivity index (χ4n) is 2.53. The van der Waals surface area contributed by atoms with Crippen molar-refractivity contribution in [3.63, 3.8) is 0 Å². The third-order valence-corrected chi connectivity index (χ3v) is 3.67. The Kier molecular flexibility index (Phi) is 4.04. The highest BCUT2D eigenvalue weighted by Gasteiger charge is 2.46. The lowest BCUT2D eigenvalue weighted by atomic mass is 10.0. The lowest BCUT2D eigenvalue weighted by molar-refractivity contribution is -0.196. The number of anilines is 1. The predicted molar refractivity (Wildman–Crippen MR) is 85.9 cm³/mol. The molecule has 0 saturated heterocycles. The van der Waals surface area contributed by atoms with E-state index in [2.05, 4.69) is 5.32 Å². The average Bonchev–Trinajstić information content (AvgIpc) is 2.93. The Bertz CT molecular complexity index is 724. The van der Waals surface area contributed by atoms with Crippen LogP contribution >= 0.6 is 0 Å². The van der Waals surface area contributed by atoms with Crippen molar-refractivity contribution in [2.24, 2.45) is 0 Å². The van der Waals surface area contributed by atoms with Gasteiger partial charge < -0.3 is 19.5 Å². The number of hydrogen-bond donors (Lipinski definition) is 1. The fourth-order valence-corrected chi connectivity index (χ4v) is 2.53. The number of hydrogen-bond acceptors (Lipinski definition) is 5. The second-order valence-electron chi connectivity index (χ2n) is 5.02. The summed E-state index contributed by atoms with van der Waals surface area (Å²) in [7, 11) is 3.12. The van der Waals surface area contributed by atoms with E-state index in [9.17, 15) is 4.79 Å². The molecule has 0 aliphatic carbocycles. The molecule has 1 aliphatic heterocycles. The topological polar surface area (TPSA) is 56.8 Å². The first-order valence-corrected chi connectivity index (χ1v) is 7.15. The molecule has 1 heterocycles. The molecule has 0 spiro atoms. The van der Waals surface area contributed by atoms with Crippen LogP contribution < -0.4 is 10.1 Å². The number of ether oxygens (including phenoxy) is 3. The summed E-state index contributed by atoms with van der Waals surface area (Å²) in [5.74, 6) is -0.964. The van der Waals surface area contributed by atoms with Crippen molar-refractivity contribution in [1.29, 1.82) is 0 Å². The molecule has 0 aromatic heterocycles. The van der Waals surface area contributed by atoms with Gasteiger partial charge >= 0.3 is 5.97 Å². The van der Waals surface area contributed by atoms with Crippen molar-refractivity contribution in [1.82, 2.24) is 0 Å². The number of nitrogens with one attached hydrogen (secondary N) is 1. The van der Waals surface area contributed by atoms with Gasteiger partial charge in [0.25, 0.3) is 5.79 Å². The molecule has 0 fully saturated rings. The molecular formula is C18H17NO4. The van der Waals surface area contributed by atoms with Crippen LogP contribution in [0.4, 0.5) is 5.69 Å². The summed E-state index contributed by atoms with van der Waals surface area (Å²) < 4.78 is 16.2. The van der Waals surface area contributed by atoms with E-state index in [0.29, 0.717) is 5.70 Å². The maximum absolute atomic E-state index is 11.9. The van der Waals surface area contributed by atoms with Crippen LogP contribution in [0.1, 0.15) is 5.56 Å². The first-order chi connectivity index (χ1) is 11.2. The number of benzene rings is 2. The molecule has 2 aromatic rings. The maximum Gasteiger partial charge on any atom is 0.335 e. The van der Waals surface area contributed by atoms with E-state index in [4.69, 9.17) is 14.2 Å². The molecule has 0 radical (unpaired) electrons. The van der Waals surface area contributed by atoms with Gasteiger partial charge in [0.1, 0.15) is 11.4 Å². The lowest BCUT2D eigenvalue weighted by Crippen LogP contribution is -2.34. The van der Waals surface area contributed by atoms with Crippen LogP contribution in [0.2, 0.25) is 0 Å². The van der Waals surface area contributed by atoms with Crippen LogP contribution in [-0.2, 0) is 20.1 Å². The van der Waals surface area contributed by atoms with Crippen LogP contribution in [0.15, 0.2) is 66.4 Å². The van der Waals surface area contributed by atoms with Gasteiger partial charge in [-0.05, 0) is 24.3 Å². The zero-order valence-corrected chi connectivity index (χ0v) is 12.9. The van der Waals surface area contributed by atoms with Gasteiger partial charge in [-0.15, -0.1) is 0 Å². The molecule has 5 nitrogen and oxygen atoms in total. The second-order valence-corrected chi connectivity index (χ2v) is 5.02. The van der Waals surface area contributed by atoms with Crippen molar-refractivity contribution in [2.75, 3.05) is 19.5 Å². The zero-order chi connectivity index (χ0) is 16.3. The summed E-state index contributed by atoms with van der Waals surface area (Å²) in [5, 5.41) is 3.20. The molecule has 0 unspecified atom stereocenters. The molecule has 1 N–H and O–H groups in total. The summed E-state index contributed by atoms with van der Waals surface area (Å²) in [5.41, 5.74) is 2.06. The minimum atomic E-state index is -1.27. The standard InChI is InChI=1S/C18H17NO4/c1-21-15-10-8-14(9-11-15)19-16-12-17(20)23-18(16,22-2)13-6-4-3-5-7-13/h3-12,19H,1-2H3/t18-/m1/s1. The Balaban J connectivity index is 1.94. The van der Waals surface area contributed by atoms with Gasteiger partial charge in [0.05, 0.1) is 7.11 Å². The van der Waals surface area contributed by atoms with Crippen LogP contribution in [-0.4, -0.2) is 20.2 Å². The predicted octanol–water partition coefficient (Wildman–Crippen LogP) is 3.05. The van der Waals surface area contributed by atoms with Gasteiger partial charge in [0.15, 0.2) is 0 Å². The van der Waals surface area contributed by atoms with Gasteiger partial charge in [-0.1, -0.05) is 30.3 Å². The Hall–Kier alpha value is -2.79. The number of carbonyl (C=O) groups excluding carboxylic acids is 1. The molecule has 23 heavy (non-hydrogen) atoms. The average molecular weight is 311 g/mol. The quantitative estimate of drug-likeness (QED) is 0.860. The molecule has 0 bridgehead atoms. The lowest BCUT2D eigenvalue weighted by Gasteiger charge is -2.30. The van der Waals surface area contributed by atoms with Crippen molar-refractivity contribution in [2.45, 2.75) is 5.79 Å². The Morgan fingerprint density at radius 3 is 2.30 bits per heavy atom. The molecule has 1 aliphatic rings. The summed E-state index contributed by atoms with van der Waals surface area (Å²) in [6.07, 6.45) is 1.40. The van der Waals surface area contributed by atoms with Crippen LogP contribution in [0.5, 0.6) is 5.75 Å². The monoisotopic (exact) mass is 311 g/mol. The third-order valence-electron chi connectivity index (χ3n) is 3.67. The molecule has 1 atom stereocenters. The number of esters is 1. The maximum atomic E-state index is 11.9. The van der Waals surface area contributed by atoms with E-state index >= 15 is 0 Å². The normalized spacial score (nSPS) is 19.9. The molecule has 2 aromatic carbocycles. The highest BCUT2D eigenvalue weighted by atomic mass is 16.7. The number of carbonyl (C=O) groups is 1. The van der Waals surface area contributed by atoms with Gasteiger partial charge in [-0.3, -0.25) is 0 Å². The van der Waals surface area contributed by atoms with Gasteiger partial charge in [0, 0.05) is 24.4 Å². The largest absolute Gasteiger partial charge is 0.497 e. The molecule has 118 valence electrons. The number of cyclic esters (lactones) is 1. The Morgan fingerprint density at radius 2 is 1.70 bits per heavy atom. The van der Waals surface area contributed by atoms with E-state index < -0.39 is 11.8 Å². The van der Waals surface area contributed by atoms with Crippen molar-refractivity contribution in [3.8, 4) is 5.75 Å². The Morgan fingerprint density at radius 1 is 1.00 bits per heavy atom. The minimum Gasteiger partial charge on any atom is -0.497 e. The summed E-state index contributed by atoms with van der Waals surface area (Å²) >= 11 is 0. The number of methoxy groups -OCH3 is 2. The fraction of sp³-hybridized carbons (Fsp3) is 0.167. The van der Waals surface area contributed by atoms with Crippen molar-refractivity contribution >= 4 is 11.7 Å². The van der Waals surface area contributed by atoms with Gasteiger partial charge in [-0.25, -0.2) is 4.79 Å². The van der Waals surface area contributed by atoms with Gasteiger partial charge in [0.2, 0.25) is 0 Å². The molecular weight excluding hydrogens is 294 g/mol. The third kappa shape index (κ3) is 2.78. The molecule has 0 amide bonds. The van der Waals surface area contributed by atoms with E-state index in [0.717, 1.165) is 17.0 Å². The van der Waals surface area contributed by atoms with Gasteiger partial charge in [-0.2, -0.15) is 0 Å². The second kappa shape index (κ2) is 6.14. The van der Waals surface area contributed by atoms with Crippen LogP contribution in [0, 0.1) is 0 Å². The zero-order valence-electron chi connectivity index (χ0n) is 12.9. The van der Waals surface area contributed by atoms with Crippen LogP contribution in [0.3, 0.4) is 0 Å². The minimum absolute atomic E-state index is 0.452. The molecule has 5 heteroatoms. The highest BCUT2D eigenvalue weighted by molar-refractivity contribution is 5.87. The van der Waals surface area contributed by atoms with Crippen molar-refractivity contribution < 1.29 is 19.0 Å². The summed E-state index contributed by atoms with van der Waals surface area (Å²) in [4.78, 5) is 11.9. The van der Waals surface area contributed by atoms with E-state index in [-0.39, 0.29) is 0 Å². The molecule has 0 saturated carbocycles. The highest BCUT2D eigenvalue weighted by Crippen LogP contribution is 2.39. The van der Waals surface area contributed by atoms with Crippen LogP contribution in [0.25, 0.3) is 0 Å². The SMILES string of the molecule is COc1ccc(NC2=CC(=O)O[C@]2(OC)c2ccccc2)cc1. The summed E-state index contributed by atoms with van der Waals surface area (Å²) in [6, 6.07) is 16.7. The molecule has 3 rings (SSSR count). The first kappa shape index (κ1) is 15.1. The smallest absolute Gasteiger partial charge is 0.335 e. The van der Waals surface area contributed by atoms with Crippen molar-refractivity contribution in [3.05, 3.63) is 71.9 Å². The summed E-state index contributed by atoms with van der Waals surface area (Å²) in [6.45, 7) is 0. The Labute approximate surface area is 134 Å². The number of rotatable bonds is 5. The van der Waals surface area contributed by atoms with E-state index in [1.54, 1.807) is 7.11 Å². The van der Waals surface area contributed by atoms with E-state index in [1.807, 2.05) is 54.6 Å². The first-order valence-electron chi connectivity index (χ1n) is 7.15. The van der Waals surface area contributed by atoms with E-state index in [1.165, 1.54) is 13.2 Å².